The maximum absolute atomic E-state index is 8.54. The molecule has 0 atom stereocenters. The van der Waals surface area contributed by atoms with E-state index in [1.807, 2.05) is 12.1 Å². The van der Waals surface area contributed by atoms with Gasteiger partial charge >= 0.3 is 0 Å². The van der Waals surface area contributed by atoms with E-state index in [4.69, 9.17) is 21.4 Å². The number of benzene rings is 1. The highest BCUT2D eigenvalue weighted by molar-refractivity contribution is 6.30. The molecule has 0 fully saturated rings. The van der Waals surface area contributed by atoms with Gasteiger partial charge in [0.25, 0.3) is 0 Å². The molecule has 0 bridgehead atoms. The number of rotatable bonds is 7. The molecule has 84 valence electrons. The molecule has 0 unspecified atom stereocenters. The van der Waals surface area contributed by atoms with Crippen LogP contribution in [-0.2, 0) is 0 Å². The largest absolute Gasteiger partial charge is 0.492 e. The molecule has 0 aliphatic heterocycles. The Kier molecular flexibility index (Phi) is 6.16. The van der Waals surface area contributed by atoms with E-state index < -0.39 is 0 Å². The lowest BCUT2D eigenvalue weighted by Crippen LogP contribution is -2.22. The second-order valence-electron chi connectivity index (χ2n) is 3.13. The molecule has 0 spiro atoms. The van der Waals surface area contributed by atoms with Crippen molar-refractivity contribution in [3.05, 3.63) is 29.3 Å². The van der Waals surface area contributed by atoms with Crippen LogP contribution >= 0.6 is 11.6 Å². The van der Waals surface area contributed by atoms with Crippen LogP contribution in [0.2, 0.25) is 5.02 Å². The van der Waals surface area contributed by atoms with Crippen LogP contribution < -0.4 is 10.1 Å². The van der Waals surface area contributed by atoms with Gasteiger partial charge in [0, 0.05) is 18.2 Å². The molecule has 0 heterocycles. The minimum absolute atomic E-state index is 0.227. The normalized spacial score (nSPS) is 10.3. The highest BCUT2D eigenvalue weighted by Crippen LogP contribution is 2.14. The molecule has 0 saturated carbocycles. The fourth-order valence-electron chi connectivity index (χ4n) is 1.10. The van der Waals surface area contributed by atoms with Crippen molar-refractivity contribution in [2.45, 2.75) is 6.42 Å². The van der Waals surface area contributed by atoms with Crippen LogP contribution in [0.15, 0.2) is 24.3 Å². The Morgan fingerprint density at radius 1 is 1.20 bits per heavy atom. The zero-order valence-electron chi connectivity index (χ0n) is 8.58. The number of hydrogen-bond acceptors (Lipinski definition) is 3. The van der Waals surface area contributed by atoms with E-state index in [9.17, 15) is 0 Å². The molecule has 4 heteroatoms. The first-order chi connectivity index (χ1) is 7.33. The van der Waals surface area contributed by atoms with Crippen molar-refractivity contribution >= 4 is 11.6 Å². The van der Waals surface area contributed by atoms with Crippen LogP contribution in [-0.4, -0.2) is 31.4 Å². The summed E-state index contributed by atoms with van der Waals surface area (Å²) in [6, 6.07) is 7.29. The molecule has 1 rings (SSSR count). The predicted molar refractivity (Wildman–Crippen MR) is 61.5 cm³/mol. The first-order valence-electron chi connectivity index (χ1n) is 5.03. The summed E-state index contributed by atoms with van der Waals surface area (Å²) >= 11 is 5.74. The molecule has 1 aromatic carbocycles. The third kappa shape index (κ3) is 5.62. The van der Waals surface area contributed by atoms with E-state index >= 15 is 0 Å². The third-order valence-electron chi connectivity index (χ3n) is 1.87. The van der Waals surface area contributed by atoms with Gasteiger partial charge in [0.05, 0.1) is 0 Å². The van der Waals surface area contributed by atoms with E-state index in [0.717, 1.165) is 25.3 Å². The van der Waals surface area contributed by atoms with E-state index in [0.29, 0.717) is 11.6 Å². The molecule has 0 aromatic heterocycles. The van der Waals surface area contributed by atoms with Gasteiger partial charge in [-0.05, 0) is 37.2 Å². The highest BCUT2D eigenvalue weighted by Gasteiger charge is 1.93. The molecule has 0 aliphatic rings. The van der Waals surface area contributed by atoms with Crippen LogP contribution in [0, 0.1) is 0 Å². The Hall–Kier alpha value is -0.770. The first kappa shape index (κ1) is 12.3. The zero-order chi connectivity index (χ0) is 10.9. The van der Waals surface area contributed by atoms with Crippen molar-refractivity contribution in [3.63, 3.8) is 0 Å². The van der Waals surface area contributed by atoms with E-state index in [1.54, 1.807) is 12.1 Å². The Morgan fingerprint density at radius 3 is 2.60 bits per heavy atom. The van der Waals surface area contributed by atoms with Crippen molar-refractivity contribution in [1.82, 2.24) is 5.32 Å². The lowest BCUT2D eigenvalue weighted by atomic mass is 10.3. The summed E-state index contributed by atoms with van der Waals surface area (Å²) in [5.74, 6) is 0.823. The fraction of sp³-hybridized carbons (Fsp3) is 0.455. The standard InChI is InChI=1S/C11H16ClNO2/c12-10-2-4-11(5-3-10)15-9-7-13-6-1-8-14/h2-5,13-14H,1,6-9H2. The van der Waals surface area contributed by atoms with Gasteiger partial charge in [0.2, 0.25) is 0 Å². The maximum atomic E-state index is 8.54. The zero-order valence-corrected chi connectivity index (χ0v) is 9.33. The number of ether oxygens (including phenoxy) is 1. The number of hydrogen-bond donors (Lipinski definition) is 2. The topological polar surface area (TPSA) is 41.5 Å². The number of nitrogens with one attached hydrogen (secondary N) is 1. The Balaban J connectivity index is 2.07. The summed E-state index contributed by atoms with van der Waals surface area (Å²) in [6.45, 7) is 2.45. The number of halogens is 1. The van der Waals surface area contributed by atoms with Crippen LogP contribution in [0.25, 0.3) is 0 Å². The fourth-order valence-corrected chi connectivity index (χ4v) is 1.23. The van der Waals surface area contributed by atoms with Crippen LogP contribution in [0.4, 0.5) is 0 Å². The van der Waals surface area contributed by atoms with Gasteiger partial charge in [0.15, 0.2) is 0 Å². The molecular weight excluding hydrogens is 214 g/mol. The lowest BCUT2D eigenvalue weighted by molar-refractivity contribution is 0.279. The van der Waals surface area contributed by atoms with E-state index in [1.165, 1.54) is 0 Å². The van der Waals surface area contributed by atoms with Crippen molar-refractivity contribution in [2.24, 2.45) is 0 Å². The molecule has 0 radical (unpaired) electrons. The SMILES string of the molecule is OCCCNCCOc1ccc(Cl)cc1. The monoisotopic (exact) mass is 229 g/mol. The quantitative estimate of drug-likeness (QED) is 0.700. The highest BCUT2D eigenvalue weighted by atomic mass is 35.5. The maximum Gasteiger partial charge on any atom is 0.119 e. The first-order valence-corrected chi connectivity index (χ1v) is 5.40. The molecule has 1 aromatic rings. The van der Waals surface area contributed by atoms with Gasteiger partial charge in [0.1, 0.15) is 12.4 Å². The van der Waals surface area contributed by atoms with Crippen molar-refractivity contribution in [3.8, 4) is 5.75 Å². The van der Waals surface area contributed by atoms with Crippen molar-refractivity contribution < 1.29 is 9.84 Å². The molecule has 0 amide bonds. The Bertz CT molecular complexity index is 264. The average Bonchev–Trinajstić information content (AvgIpc) is 2.26. The van der Waals surface area contributed by atoms with Crippen molar-refractivity contribution in [1.29, 1.82) is 0 Å². The lowest BCUT2D eigenvalue weighted by Gasteiger charge is -2.06. The van der Waals surface area contributed by atoms with Crippen LogP contribution in [0.5, 0.6) is 5.75 Å². The molecule has 0 aliphatic carbocycles. The van der Waals surface area contributed by atoms with E-state index in [2.05, 4.69) is 5.32 Å². The summed E-state index contributed by atoms with van der Waals surface area (Å²) in [5.41, 5.74) is 0. The Morgan fingerprint density at radius 2 is 1.93 bits per heavy atom. The second-order valence-corrected chi connectivity index (χ2v) is 3.57. The summed E-state index contributed by atoms with van der Waals surface area (Å²) in [4.78, 5) is 0. The molecular formula is C11H16ClNO2. The van der Waals surface area contributed by atoms with Crippen LogP contribution in [0.1, 0.15) is 6.42 Å². The van der Waals surface area contributed by atoms with Crippen molar-refractivity contribution in [2.75, 3.05) is 26.3 Å². The summed E-state index contributed by atoms with van der Waals surface area (Å²) < 4.78 is 5.46. The molecule has 2 N–H and O–H groups in total. The molecule has 15 heavy (non-hydrogen) atoms. The Labute approximate surface area is 95.0 Å². The number of aliphatic hydroxyl groups is 1. The minimum atomic E-state index is 0.227. The van der Waals surface area contributed by atoms with Gasteiger partial charge < -0.3 is 15.2 Å². The van der Waals surface area contributed by atoms with E-state index in [-0.39, 0.29) is 6.61 Å². The molecule has 0 saturated heterocycles. The van der Waals surface area contributed by atoms with Gasteiger partial charge in [-0.3, -0.25) is 0 Å². The molecule has 3 nitrogen and oxygen atoms in total. The van der Waals surface area contributed by atoms with Gasteiger partial charge in [-0.25, -0.2) is 0 Å². The minimum Gasteiger partial charge on any atom is -0.492 e. The number of aliphatic hydroxyl groups excluding tert-OH is 1. The third-order valence-corrected chi connectivity index (χ3v) is 2.12. The summed E-state index contributed by atoms with van der Waals surface area (Å²) in [5, 5.41) is 12.4. The summed E-state index contributed by atoms with van der Waals surface area (Å²) in [7, 11) is 0. The van der Waals surface area contributed by atoms with Gasteiger partial charge in [-0.1, -0.05) is 11.6 Å². The predicted octanol–water partition coefficient (Wildman–Crippen LogP) is 1.69. The van der Waals surface area contributed by atoms with Gasteiger partial charge in [-0.15, -0.1) is 0 Å². The van der Waals surface area contributed by atoms with Crippen LogP contribution in [0.3, 0.4) is 0 Å². The van der Waals surface area contributed by atoms with Gasteiger partial charge in [-0.2, -0.15) is 0 Å². The average molecular weight is 230 g/mol. The summed E-state index contributed by atoms with van der Waals surface area (Å²) in [6.07, 6.45) is 0.779. The second kappa shape index (κ2) is 7.51. The smallest absolute Gasteiger partial charge is 0.119 e.